The molecular formula is C20H25ClN2OS. The molecule has 1 atom stereocenters. The third-order valence-electron chi connectivity index (χ3n) is 4.03. The van der Waals surface area contributed by atoms with Crippen molar-refractivity contribution in [2.45, 2.75) is 37.5 Å². The van der Waals surface area contributed by atoms with Gasteiger partial charge < -0.3 is 10.2 Å². The number of carbonyl (C=O) groups excluding carboxylic acids is 1. The predicted molar refractivity (Wildman–Crippen MR) is 109 cm³/mol. The summed E-state index contributed by atoms with van der Waals surface area (Å²) in [5.74, 6) is 0.0350. The van der Waals surface area contributed by atoms with Crippen molar-refractivity contribution in [1.29, 1.82) is 0 Å². The minimum atomic E-state index is -0.156. The van der Waals surface area contributed by atoms with Gasteiger partial charge in [-0.2, -0.15) is 0 Å². The van der Waals surface area contributed by atoms with Crippen LogP contribution in [0.2, 0.25) is 5.02 Å². The van der Waals surface area contributed by atoms with Crippen LogP contribution in [0.25, 0.3) is 0 Å². The van der Waals surface area contributed by atoms with Crippen LogP contribution in [0.3, 0.4) is 0 Å². The second kappa shape index (κ2) is 9.73. The van der Waals surface area contributed by atoms with Crippen molar-refractivity contribution in [3.63, 3.8) is 0 Å². The Labute approximate surface area is 159 Å². The molecule has 0 aliphatic heterocycles. The molecule has 134 valence electrons. The molecule has 25 heavy (non-hydrogen) atoms. The van der Waals surface area contributed by atoms with Crippen LogP contribution in [-0.2, 0) is 11.3 Å². The first-order valence-corrected chi connectivity index (χ1v) is 9.83. The maximum Gasteiger partial charge on any atom is 0.233 e. The molecular weight excluding hydrogens is 352 g/mol. The Balaban J connectivity index is 1.85. The third kappa shape index (κ3) is 5.98. The summed E-state index contributed by atoms with van der Waals surface area (Å²) in [4.78, 5) is 15.6. The third-order valence-corrected chi connectivity index (χ3v) is 5.39. The predicted octanol–water partition coefficient (Wildman–Crippen LogP) is 4.98. The van der Waals surface area contributed by atoms with Crippen molar-refractivity contribution in [2.75, 3.05) is 18.0 Å². The van der Waals surface area contributed by atoms with Gasteiger partial charge >= 0.3 is 0 Å². The molecule has 0 fully saturated rings. The second-order valence-electron chi connectivity index (χ2n) is 5.77. The van der Waals surface area contributed by atoms with Gasteiger partial charge in [-0.25, -0.2) is 0 Å². The second-order valence-corrected chi connectivity index (χ2v) is 7.62. The number of nitrogens with one attached hydrogen (secondary N) is 1. The standard InChI is InChI=1S/C20H25ClN2OS/c1-4-23(5-2)18-10-6-16(7-11-18)14-22-20(24)15(3)25-19-12-8-17(21)9-13-19/h6-13,15H,4-5,14H2,1-3H3,(H,22,24). The van der Waals surface area contributed by atoms with Crippen LogP contribution in [0.1, 0.15) is 26.3 Å². The monoisotopic (exact) mass is 376 g/mol. The molecule has 0 saturated carbocycles. The molecule has 2 aromatic carbocycles. The summed E-state index contributed by atoms with van der Waals surface area (Å²) in [6.07, 6.45) is 0. The Bertz CT molecular complexity index is 669. The lowest BCUT2D eigenvalue weighted by Gasteiger charge is -2.21. The molecule has 0 aliphatic carbocycles. The number of halogens is 1. The molecule has 2 rings (SSSR count). The van der Waals surface area contributed by atoms with E-state index in [0.717, 1.165) is 23.5 Å². The average molecular weight is 377 g/mol. The van der Waals surface area contributed by atoms with Gasteiger partial charge in [0, 0.05) is 35.2 Å². The molecule has 1 unspecified atom stereocenters. The highest BCUT2D eigenvalue weighted by Gasteiger charge is 2.14. The Morgan fingerprint density at radius 2 is 1.68 bits per heavy atom. The fourth-order valence-corrected chi connectivity index (χ4v) is 3.53. The molecule has 1 N–H and O–H groups in total. The van der Waals surface area contributed by atoms with E-state index in [-0.39, 0.29) is 11.2 Å². The molecule has 0 aromatic heterocycles. The Kier molecular flexibility index (Phi) is 7.66. The lowest BCUT2D eigenvalue weighted by atomic mass is 10.2. The molecule has 0 aliphatic rings. The van der Waals surface area contributed by atoms with Crippen molar-refractivity contribution >= 4 is 35.0 Å². The van der Waals surface area contributed by atoms with Gasteiger partial charge in [-0.15, -0.1) is 11.8 Å². The summed E-state index contributed by atoms with van der Waals surface area (Å²) in [5.41, 5.74) is 2.32. The topological polar surface area (TPSA) is 32.3 Å². The first-order valence-electron chi connectivity index (χ1n) is 8.57. The Hall–Kier alpha value is -1.65. The number of rotatable bonds is 8. The first-order chi connectivity index (χ1) is 12.0. The van der Waals surface area contributed by atoms with Gasteiger partial charge in [-0.1, -0.05) is 23.7 Å². The van der Waals surface area contributed by atoms with Crippen LogP contribution in [-0.4, -0.2) is 24.2 Å². The molecule has 0 spiro atoms. The van der Waals surface area contributed by atoms with E-state index in [9.17, 15) is 4.79 Å². The van der Waals surface area contributed by atoms with E-state index in [1.54, 1.807) is 0 Å². The lowest BCUT2D eigenvalue weighted by Crippen LogP contribution is -2.30. The molecule has 0 saturated heterocycles. The Morgan fingerprint density at radius 3 is 2.24 bits per heavy atom. The zero-order valence-corrected chi connectivity index (χ0v) is 16.5. The van der Waals surface area contributed by atoms with Gasteiger partial charge in [-0.3, -0.25) is 4.79 Å². The van der Waals surface area contributed by atoms with Crippen molar-refractivity contribution < 1.29 is 4.79 Å². The summed E-state index contributed by atoms with van der Waals surface area (Å²) in [5, 5.41) is 3.55. The molecule has 0 radical (unpaired) electrons. The first kappa shape index (κ1) is 19.7. The van der Waals surface area contributed by atoms with E-state index in [1.165, 1.54) is 17.4 Å². The summed E-state index contributed by atoms with van der Waals surface area (Å²) >= 11 is 7.42. The van der Waals surface area contributed by atoms with E-state index in [0.29, 0.717) is 11.6 Å². The maximum absolute atomic E-state index is 12.3. The van der Waals surface area contributed by atoms with Gasteiger partial charge in [0.25, 0.3) is 0 Å². The van der Waals surface area contributed by atoms with Crippen LogP contribution in [0.15, 0.2) is 53.4 Å². The zero-order valence-electron chi connectivity index (χ0n) is 15.0. The minimum absolute atomic E-state index is 0.0350. The highest BCUT2D eigenvalue weighted by atomic mass is 35.5. The minimum Gasteiger partial charge on any atom is -0.372 e. The van der Waals surface area contributed by atoms with E-state index >= 15 is 0 Å². The van der Waals surface area contributed by atoms with Gasteiger partial charge in [0.05, 0.1) is 5.25 Å². The van der Waals surface area contributed by atoms with E-state index in [2.05, 4.69) is 48.3 Å². The number of hydrogen-bond acceptors (Lipinski definition) is 3. The number of amides is 1. The van der Waals surface area contributed by atoms with Gasteiger partial charge in [0.15, 0.2) is 0 Å². The Morgan fingerprint density at radius 1 is 1.08 bits per heavy atom. The smallest absolute Gasteiger partial charge is 0.233 e. The van der Waals surface area contributed by atoms with Crippen LogP contribution in [0.4, 0.5) is 5.69 Å². The van der Waals surface area contributed by atoms with Gasteiger partial charge in [-0.05, 0) is 62.7 Å². The quantitative estimate of drug-likeness (QED) is 0.659. The fourth-order valence-electron chi connectivity index (χ4n) is 2.52. The van der Waals surface area contributed by atoms with Crippen LogP contribution < -0.4 is 10.2 Å². The largest absolute Gasteiger partial charge is 0.372 e. The molecule has 0 heterocycles. The van der Waals surface area contributed by atoms with Crippen molar-refractivity contribution in [2.24, 2.45) is 0 Å². The molecule has 5 heteroatoms. The highest BCUT2D eigenvalue weighted by molar-refractivity contribution is 8.00. The number of benzene rings is 2. The number of nitrogens with zero attached hydrogens (tertiary/aromatic N) is 1. The van der Waals surface area contributed by atoms with E-state index < -0.39 is 0 Å². The van der Waals surface area contributed by atoms with Crippen molar-refractivity contribution in [3.05, 3.63) is 59.1 Å². The average Bonchev–Trinajstić information content (AvgIpc) is 2.63. The van der Waals surface area contributed by atoms with Crippen molar-refractivity contribution in [1.82, 2.24) is 5.32 Å². The molecule has 2 aromatic rings. The number of hydrogen-bond donors (Lipinski definition) is 1. The lowest BCUT2D eigenvalue weighted by molar-refractivity contribution is -0.120. The molecule has 3 nitrogen and oxygen atoms in total. The highest BCUT2D eigenvalue weighted by Crippen LogP contribution is 2.24. The van der Waals surface area contributed by atoms with E-state index in [1.807, 2.05) is 31.2 Å². The molecule has 0 bridgehead atoms. The van der Waals surface area contributed by atoms with Gasteiger partial charge in [0.1, 0.15) is 0 Å². The summed E-state index contributed by atoms with van der Waals surface area (Å²) < 4.78 is 0. The maximum atomic E-state index is 12.3. The zero-order chi connectivity index (χ0) is 18.2. The van der Waals surface area contributed by atoms with Gasteiger partial charge in [0.2, 0.25) is 5.91 Å². The van der Waals surface area contributed by atoms with Crippen LogP contribution >= 0.6 is 23.4 Å². The van der Waals surface area contributed by atoms with E-state index in [4.69, 9.17) is 11.6 Å². The van der Waals surface area contributed by atoms with Crippen molar-refractivity contribution in [3.8, 4) is 0 Å². The number of thioether (sulfide) groups is 1. The number of anilines is 1. The SMILES string of the molecule is CCN(CC)c1ccc(CNC(=O)C(C)Sc2ccc(Cl)cc2)cc1. The fraction of sp³-hybridized carbons (Fsp3) is 0.350. The van der Waals surface area contributed by atoms with Crippen LogP contribution in [0, 0.1) is 0 Å². The summed E-state index contributed by atoms with van der Waals surface area (Å²) in [6, 6.07) is 15.9. The molecule has 1 amide bonds. The summed E-state index contributed by atoms with van der Waals surface area (Å²) in [6.45, 7) is 8.74. The van der Waals surface area contributed by atoms with Crippen LogP contribution in [0.5, 0.6) is 0 Å². The normalized spacial score (nSPS) is 11.8. The summed E-state index contributed by atoms with van der Waals surface area (Å²) in [7, 11) is 0. The number of carbonyl (C=O) groups is 1.